The molecule has 1 fully saturated rings. The molecule has 26 heavy (non-hydrogen) atoms. The van der Waals surface area contributed by atoms with Crippen LogP contribution in [0.1, 0.15) is 11.4 Å². The molecule has 0 bridgehead atoms. The number of rotatable bonds is 4. The van der Waals surface area contributed by atoms with E-state index < -0.39 is 0 Å². The quantitative estimate of drug-likeness (QED) is 0.801. The molecule has 2 heterocycles. The summed E-state index contributed by atoms with van der Waals surface area (Å²) in [6.07, 6.45) is 2.00. The fraction of sp³-hybridized carbons (Fsp3) is 0.389. The van der Waals surface area contributed by atoms with Gasteiger partial charge in [-0.15, -0.1) is 11.8 Å². The van der Waals surface area contributed by atoms with Crippen molar-refractivity contribution in [3.05, 3.63) is 35.7 Å². The number of amides is 2. The topological polar surface area (TPSA) is 79.4 Å². The van der Waals surface area contributed by atoms with Gasteiger partial charge in [0.25, 0.3) is 0 Å². The lowest BCUT2D eigenvalue weighted by Gasteiger charge is -2.27. The molecule has 0 atom stereocenters. The number of carbonyl (C=O) groups excluding carboxylic acids is 1. The first-order valence-electron chi connectivity index (χ1n) is 8.47. The third-order valence-corrected chi connectivity index (χ3v) is 4.84. The van der Waals surface area contributed by atoms with Crippen LogP contribution in [0.5, 0.6) is 0 Å². The van der Waals surface area contributed by atoms with Gasteiger partial charge in [0.2, 0.25) is 5.95 Å². The van der Waals surface area contributed by atoms with E-state index in [4.69, 9.17) is 4.74 Å². The SMILES string of the molecule is CSc1cccc(NC(=O)Nc2c(C)nc(N3CCOCC3)nc2C)c1. The summed E-state index contributed by atoms with van der Waals surface area (Å²) in [5.41, 5.74) is 2.87. The van der Waals surface area contributed by atoms with E-state index in [1.165, 1.54) is 0 Å². The molecule has 1 aliphatic heterocycles. The number of aromatic nitrogens is 2. The summed E-state index contributed by atoms with van der Waals surface area (Å²) in [5.74, 6) is 0.682. The number of ether oxygens (including phenoxy) is 1. The van der Waals surface area contributed by atoms with Crippen LogP contribution in [0.15, 0.2) is 29.2 Å². The first-order valence-corrected chi connectivity index (χ1v) is 9.69. The van der Waals surface area contributed by atoms with Gasteiger partial charge in [0.15, 0.2) is 0 Å². The molecule has 0 saturated carbocycles. The van der Waals surface area contributed by atoms with Gasteiger partial charge in [0, 0.05) is 23.7 Å². The first kappa shape index (κ1) is 18.5. The zero-order chi connectivity index (χ0) is 18.5. The monoisotopic (exact) mass is 373 g/mol. The van der Waals surface area contributed by atoms with Gasteiger partial charge in [0.1, 0.15) is 0 Å². The molecule has 1 aromatic heterocycles. The normalized spacial score (nSPS) is 14.2. The summed E-state index contributed by atoms with van der Waals surface area (Å²) >= 11 is 1.63. The molecule has 0 unspecified atom stereocenters. The molecular weight excluding hydrogens is 350 g/mol. The Morgan fingerprint density at radius 1 is 1.15 bits per heavy atom. The molecule has 0 spiro atoms. The average Bonchev–Trinajstić information content (AvgIpc) is 2.65. The Morgan fingerprint density at radius 3 is 2.50 bits per heavy atom. The number of benzene rings is 1. The minimum Gasteiger partial charge on any atom is -0.378 e. The molecule has 2 N–H and O–H groups in total. The second-order valence-corrected chi connectivity index (χ2v) is 6.86. The minimum absolute atomic E-state index is 0.308. The van der Waals surface area contributed by atoms with Crippen molar-refractivity contribution in [2.45, 2.75) is 18.7 Å². The molecule has 1 aliphatic rings. The Labute approximate surface area is 157 Å². The van der Waals surface area contributed by atoms with Gasteiger partial charge in [-0.1, -0.05) is 6.07 Å². The van der Waals surface area contributed by atoms with Crippen molar-refractivity contribution in [3.8, 4) is 0 Å². The molecule has 1 aromatic carbocycles. The largest absolute Gasteiger partial charge is 0.378 e. The fourth-order valence-electron chi connectivity index (χ4n) is 2.76. The highest BCUT2D eigenvalue weighted by Crippen LogP contribution is 2.22. The third kappa shape index (κ3) is 4.44. The summed E-state index contributed by atoms with van der Waals surface area (Å²) in [6.45, 7) is 6.67. The van der Waals surface area contributed by atoms with Gasteiger partial charge >= 0.3 is 6.03 Å². The van der Waals surface area contributed by atoms with Crippen molar-refractivity contribution < 1.29 is 9.53 Å². The Kier molecular flexibility index (Phi) is 5.95. The number of morpholine rings is 1. The molecular formula is C18H23N5O2S. The van der Waals surface area contributed by atoms with Crippen molar-refractivity contribution >= 4 is 35.1 Å². The number of hydrogen-bond acceptors (Lipinski definition) is 6. The number of carbonyl (C=O) groups is 1. The van der Waals surface area contributed by atoms with Gasteiger partial charge in [0.05, 0.1) is 30.3 Å². The molecule has 0 radical (unpaired) electrons. The van der Waals surface area contributed by atoms with E-state index in [0.29, 0.717) is 24.8 Å². The Hall–Kier alpha value is -2.32. The van der Waals surface area contributed by atoms with Crippen LogP contribution < -0.4 is 15.5 Å². The second kappa shape index (κ2) is 8.37. The number of thioether (sulfide) groups is 1. The van der Waals surface area contributed by atoms with E-state index in [-0.39, 0.29) is 6.03 Å². The maximum Gasteiger partial charge on any atom is 0.323 e. The van der Waals surface area contributed by atoms with E-state index in [9.17, 15) is 4.79 Å². The van der Waals surface area contributed by atoms with Crippen LogP contribution in [0.3, 0.4) is 0 Å². The lowest BCUT2D eigenvalue weighted by Crippen LogP contribution is -2.37. The van der Waals surface area contributed by atoms with Crippen LogP contribution in [0.4, 0.5) is 22.1 Å². The first-order chi connectivity index (χ1) is 12.6. The second-order valence-electron chi connectivity index (χ2n) is 5.98. The highest BCUT2D eigenvalue weighted by atomic mass is 32.2. The van der Waals surface area contributed by atoms with E-state index in [1.807, 2.05) is 44.4 Å². The maximum atomic E-state index is 12.4. The van der Waals surface area contributed by atoms with E-state index in [0.717, 1.165) is 35.1 Å². The van der Waals surface area contributed by atoms with Crippen LogP contribution in [0, 0.1) is 13.8 Å². The van der Waals surface area contributed by atoms with Crippen LogP contribution in [0.25, 0.3) is 0 Å². The summed E-state index contributed by atoms with van der Waals surface area (Å²) < 4.78 is 5.37. The number of aryl methyl sites for hydroxylation is 2. The summed E-state index contributed by atoms with van der Waals surface area (Å²) in [6, 6.07) is 7.40. The van der Waals surface area contributed by atoms with Crippen molar-refractivity contribution in [1.29, 1.82) is 0 Å². The van der Waals surface area contributed by atoms with Gasteiger partial charge in [-0.05, 0) is 38.3 Å². The molecule has 0 aliphatic carbocycles. The smallest absolute Gasteiger partial charge is 0.323 e. The number of hydrogen-bond donors (Lipinski definition) is 2. The fourth-order valence-corrected chi connectivity index (χ4v) is 3.22. The minimum atomic E-state index is -0.308. The zero-order valence-corrected chi connectivity index (χ0v) is 16.0. The van der Waals surface area contributed by atoms with Crippen LogP contribution in [0.2, 0.25) is 0 Å². The zero-order valence-electron chi connectivity index (χ0n) is 15.2. The Balaban J connectivity index is 1.71. The third-order valence-electron chi connectivity index (χ3n) is 4.12. The number of nitrogens with one attached hydrogen (secondary N) is 2. The highest BCUT2D eigenvalue weighted by Gasteiger charge is 2.17. The number of urea groups is 1. The predicted molar refractivity (Wildman–Crippen MR) is 105 cm³/mol. The molecule has 1 saturated heterocycles. The van der Waals surface area contributed by atoms with Crippen LogP contribution >= 0.6 is 11.8 Å². The van der Waals surface area contributed by atoms with Crippen molar-refractivity contribution in [1.82, 2.24) is 9.97 Å². The molecule has 3 rings (SSSR count). The molecule has 8 heteroatoms. The van der Waals surface area contributed by atoms with E-state index in [1.54, 1.807) is 11.8 Å². The predicted octanol–water partition coefficient (Wildman–Crippen LogP) is 3.30. The van der Waals surface area contributed by atoms with Crippen molar-refractivity contribution in [2.24, 2.45) is 0 Å². The number of anilines is 3. The van der Waals surface area contributed by atoms with Crippen molar-refractivity contribution in [3.63, 3.8) is 0 Å². The Morgan fingerprint density at radius 2 is 1.85 bits per heavy atom. The molecule has 2 amide bonds. The van der Waals surface area contributed by atoms with Gasteiger partial charge in [-0.3, -0.25) is 0 Å². The van der Waals surface area contributed by atoms with Gasteiger partial charge in [-0.2, -0.15) is 0 Å². The summed E-state index contributed by atoms with van der Waals surface area (Å²) in [4.78, 5) is 24.7. The molecule has 2 aromatic rings. The maximum absolute atomic E-state index is 12.4. The van der Waals surface area contributed by atoms with Gasteiger partial charge < -0.3 is 20.3 Å². The number of nitrogens with zero attached hydrogens (tertiary/aromatic N) is 3. The van der Waals surface area contributed by atoms with Crippen molar-refractivity contribution in [2.75, 3.05) is 48.1 Å². The average molecular weight is 373 g/mol. The van der Waals surface area contributed by atoms with E-state index in [2.05, 4.69) is 25.5 Å². The lowest BCUT2D eigenvalue weighted by molar-refractivity contribution is 0.122. The summed E-state index contributed by atoms with van der Waals surface area (Å²) in [7, 11) is 0. The Bertz CT molecular complexity index is 770. The lowest BCUT2D eigenvalue weighted by atomic mass is 10.3. The van der Waals surface area contributed by atoms with Crippen LogP contribution in [-0.4, -0.2) is 48.6 Å². The van der Waals surface area contributed by atoms with E-state index >= 15 is 0 Å². The molecule has 7 nitrogen and oxygen atoms in total. The molecule has 138 valence electrons. The van der Waals surface area contributed by atoms with Crippen LogP contribution in [-0.2, 0) is 4.74 Å². The standard InChI is InChI=1S/C18H23N5O2S/c1-12-16(13(2)20-17(19-12)23-7-9-25-10-8-23)22-18(24)21-14-5-4-6-15(11-14)26-3/h4-6,11H,7-10H2,1-3H3,(H2,21,22,24). The summed E-state index contributed by atoms with van der Waals surface area (Å²) in [5, 5.41) is 5.72. The van der Waals surface area contributed by atoms with Gasteiger partial charge in [-0.25, -0.2) is 14.8 Å². The highest BCUT2D eigenvalue weighted by molar-refractivity contribution is 7.98.